The minimum Gasteiger partial charge on any atom is -0.292 e. The molecule has 1 aromatic carbocycles. The van der Waals surface area contributed by atoms with Crippen LogP contribution >= 0.6 is 0 Å². The summed E-state index contributed by atoms with van der Waals surface area (Å²) in [5, 5.41) is 0. The molecule has 0 spiro atoms. The minimum atomic E-state index is -2.46. The van der Waals surface area contributed by atoms with Gasteiger partial charge in [-0.2, -0.15) is 0 Å². The van der Waals surface area contributed by atoms with Crippen molar-refractivity contribution in [2.45, 2.75) is 19.4 Å². The highest BCUT2D eigenvalue weighted by Gasteiger charge is 2.07. The maximum atomic E-state index is 7.87. The molecule has 0 amide bonds. The molecule has 0 aliphatic heterocycles. The molecule has 0 aliphatic rings. The number of hydrogen-bond acceptors (Lipinski definition) is 1. The van der Waals surface area contributed by atoms with Crippen molar-refractivity contribution in [1.82, 2.24) is 4.90 Å². The molecule has 0 fully saturated rings. The third kappa shape index (κ3) is 3.24. The van der Waals surface area contributed by atoms with Crippen molar-refractivity contribution < 1.29 is 12.3 Å². The van der Waals surface area contributed by atoms with Crippen LogP contribution in [0.4, 0.5) is 0 Å². The van der Waals surface area contributed by atoms with E-state index in [0.717, 1.165) is 4.90 Å². The highest BCUT2D eigenvalue weighted by Crippen LogP contribution is 2.06. The number of rotatable bonds is 4. The molecule has 0 unspecified atom stereocenters. The van der Waals surface area contributed by atoms with Crippen LogP contribution in [-0.4, -0.2) is 24.5 Å². The zero-order valence-electron chi connectivity index (χ0n) is 16.9. The van der Waals surface area contributed by atoms with Crippen molar-refractivity contribution in [2.75, 3.05) is 13.5 Å². The highest BCUT2D eigenvalue weighted by molar-refractivity contribution is 5.15. The van der Waals surface area contributed by atoms with Crippen LogP contribution in [0.15, 0.2) is 30.2 Å². The van der Waals surface area contributed by atoms with Crippen molar-refractivity contribution in [2.24, 2.45) is 0 Å². The molecule has 1 rings (SSSR count). The van der Waals surface area contributed by atoms with Gasteiger partial charge in [-0.25, -0.2) is 0 Å². The summed E-state index contributed by atoms with van der Waals surface area (Å²) in [4.78, 5) is 1.06. The molecule has 14 heavy (non-hydrogen) atoms. The van der Waals surface area contributed by atoms with Crippen LogP contribution in [0, 0.1) is 12.3 Å². The van der Waals surface area contributed by atoms with E-state index in [-0.39, 0.29) is 30.6 Å². The van der Waals surface area contributed by atoms with Crippen LogP contribution in [0.1, 0.15) is 24.8 Å². The molecule has 0 aliphatic carbocycles. The van der Waals surface area contributed by atoms with E-state index in [9.17, 15) is 0 Å². The molecule has 1 aromatic rings. The lowest BCUT2D eigenvalue weighted by molar-refractivity contribution is 0.287. The Labute approximate surface area is 99.4 Å². The lowest BCUT2D eigenvalue weighted by Crippen LogP contribution is -2.31. The molecule has 0 saturated heterocycles. The van der Waals surface area contributed by atoms with Crippen LogP contribution in [0.25, 0.3) is 0 Å². The largest absolute Gasteiger partial charge is 0.292 e. The van der Waals surface area contributed by atoms with Gasteiger partial charge in [-0.05, 0) is 25.9 Å². The SMILES string of the molecule is [2H]C#CCN([C@H](C)Cc1c([2H])c([2H])c([2H])c([2H])c1[2H])C([2H])([2H])[2H]. The first-order valence-corrected chi connectivity index (χ1v) is 4.24. The van der Waals surface area contributed by atoms with Gasteiger partial charge in [0.25, 0.3) is 0 Å². The fraction of sp³-hybridized carbons (Fsp3) is 0.385. The zero-order valence-corrected chi connectivity index (χ0v) is 7.94. The third-order valence-corrected chi connectivity index (χ3v) is 1.83. The Bertz CT molecular complexity index is 613. The molecule has 1 nitrogen and oxygen atoms in total. The van der Waals surface area contributed by atoms with Crippen molar-refractivity contribution in [1.29, 1.82) is 0 Å². The normalized spacial score (nSPS) is 22.0. The first kappa shape index (κ1) is 3.72. The first-order chi connectivity index (χ1) is 10.5. The highest BCUT2D eigenvalue weighted by atomic mass is 15.1. The Kier molecular flexibility index (Phi) is 1.45. The van der Waals surface area contributed by atoms with Crippen molar-refractivity contribution >= 4 is 0 Å². The lowest BCUT2D eigenvalue weighted by atomic mass is 10.1. The number of hydrogen-bond donors (Lipinski definition) is 0. The summed E-state index contributed by atoms with van der Waals surface area (Å²) in [6.07, 6.45) is 1.85. The number of likely N-dealkylation sites (N-methyl/N-ethyl adjacent to an activating group) is 1. The van der Waals surface area contributed by atoms with Gasteiger partial charge >= 0.3 is 0 Å². The Morgan fingerprint density at radius 3 is 3.07 bits per heavy atom. The van der Waals surface area contributed by atoms with Gasteiger partial charge in [0.05, 0.1) is 13.4 Å². The fourth-order valence-corrected chi connectivity index (χ4v) is 1.02. The van der Waals surface area contributed by atoms with E-state index in [1.807, 2.05) is 6.40 Å². The topological polar surface area (TPSA) is 3.24 Å². The van der Waals surface area contributed by atoms with Gasteiger partial charge < -0.3 is 0 Å². The summed E-state index contributed by atoms with van der Waals surface area (Å²) in [6, 6.07) is -2.69. The van der Waals surface area contributed by atoms with Gasteiger partial charge in [0.15, 0.2) is 0 Å². The van der Waals surface area contributed by atoms with Crippen LogP contribution < -0.4 is 0 Å². The number of nitrogens with zero attached hydrogens (tertiary/aromatic N) is 1. The van der Waals surface area contributed by atoms with Crippen LogP contribution in [0.3, 0.4) is 0 Å². The van der Waals surface area contributed by atoms with Crippen molar-refractivity contribution in [3.05, 3.63) is 35.8 Å². The Balaban J connectivity index is 3.22. The second-order valence-corrected chi connectivity index (χ2v) is 2.96. The third-order valence-electron chi connectivity index (χ3n) is 1.83. The van der Waals surface area contributed by atoms with E-state index in [1.165, 1.54) is 0 Å². The van der Waals surface area contributed by atoms with E-state index in [0.29, 0.717) is 0 Å². The molecule has 0 bridgehead atoms. The minimum absolute atomic E-state index is 0.0340. The van der Waals surface area contributed by atoms with E-state index in [2.05, 4.69) is 5.92 Å². The summed E-state index contributed by atoms with van der Waals surface area (Å²) in [5.41, 5.74) is 0.0663. The predicted octanol–water partition coefficient (Wildman–Crippen LogP) is 2.18. The average molecular weight is 196 g/mol. The zero-order chi connectivity index (χ0) is 17.9. The monoisotopic (exact) mass is 196 g/mol. The Morgan fingerprint density at radius 1 is 1.64 bits per heavy atom. The Morgan fingerprint density at radius 2 is 2.43 bits per heavy atom. The molecule has 74 valence electrons. The predicted molar refractivity (Wildman–Crippen MR) is 61.1 cm³/mol. The van der Waals surface area contributed by atoms with Crippen molar-refractivity contribution in [3.8, 4) is 12.3 Å². The molecule has 0 radical (unpaired) electrons. The standard InChI is InChI=1S/C13H17N/c1-4-10-14(3)12(2)11-13-8-6-5-7-9-13/h1,5-9,12H,10-11H2,2-3H3/t12-/m1/s1/i1D,3D3,5D,6D,7D,8D,9D. The van der Waals surface area contributed by atoms with Crippen molar-refractivity contribution in [3.63, 3.8) is 0 Å². The molecular formula is C13H17N. The molecule has 0 heterocycles. The smallest absolute Gasteiger partial charge is 0.124 e. The van der Waals surface area contributed by atoms with Crippen LogP contribution in [-0.2, 0) is 6.42 Å². The Hall–Kier alpha value is -1.26. The summed E-state index contributed by atoms with van der Waals surface area (Å²) >= 11 is 0. The second-order valence-electron chi connectivity index (χ2n) is 2.96. The van der Waals surface area contributed by atoms with Crippen LogP contribution in [0.2, 0.25) is 0 Å². The van der Waals surface area contributed by atoms with E-state index < -0.39 is 31.1 Å². The summed E-state index contributed by atoms with van der Waals surface area (Å²) in [5.74, 6) is 2.37. The van der Waals surface area contributed by atoms with Gasteiger partial charge in [0.2, 0.25) is 0 Å². The number of benzene rings is 1. The van der Waals surface area contributed by atoms with E-state index in [4.69, 9.17) is 12.3 Å². The molecule has 1 heteroatoms. The molecule has 1 atom stereocenters. The quantitative estimate of drug-likeness (QED) is 0.667. The average Bonchev–Trinajstić information content (AvgIpc) is 2.46. The molecule has 0 aromatic heterocycles. The summed E-state index contributed by atoms with van der Waals surface area (Å²) in [7, 11) is 0. The van der Waals surface area contributed by atoms with Gasteiger partial charge in [-0.15, -0.1) is 6.40 Å². The maximum absolute atomic E-state index is 7.87. The van der Waals surface area contributed by atoms with Gasteiger partial charge in [-0.3, -0.25) is 4.90 Å². The lowest BCUT2D eigenvalue weighted by Gasteiger charge is -2.22. The molecule has 0 saturated carbocycles. The molecule has 0 N–H and O–H groups in total. The molecular weight excluding hydrogens is 170 g/mol. The fourth-order valence-electron chi connectivity index (χ4n) is 1.02. The number of terminal acetylenes is 1. The van der Waals surface area contributed by atoms with Gasteiger partial charge in [0.1, 0.15) is 1.37 Å². The van der Waals surface area contributed by atoms with Crippen LogP contribution in [0.5, 0.6) is 0 Å². The van der Waals surface area contributed by atoms with Gasteiger partial charge in [-0.1, -0.05) is 36.1 Å². The maximum Gasteiger partial charge on any atom is 0.124 e. The van der Waals surface area contributed by atoms with Gasteiger partial charge in [0, 0.05) is 10.2 Å². The first-order valence-electron chi connectivity index (χ1n) is 8.74. The summed E-state index contributed by atoms with van der Waals surface area (Å²) < 4.78 is 68.0. The van der Waals surface area contributed by atoms with E-state index in [1.54, 1.807) is 6.92 Å². The second kappa shape index (κ2) is 5.47. The summed E-state index contributed by atoms with van der Waals surface area (Å²) in [6.45, 7) is -1.05. The van der Waals surface area contributed by atoms with E-state index >= 15 is 0 Å².